The van der Waals surface area contributed by atoms with Crippen LogP contribution >= 0.6 is 11.8 Å². The fraction of sp³-hybridized carbons (Fsp3) is 0.375. The van der Waals surface area contributed by atoms with Crippen LogP contribution in [0.25, 0.3) is 0 Å². The van der Waals surface area contributed by atoms with Crippen molar-refractivity contribution < 1.29 is 4.79 Å². The predicted octanol–water partition coefficient (Wildman–Crippen LogP) is 3.95. The normalized spacial score (nSPS) is 11.4. The van der Waals surface area contributed by atoms with Gasteiger partial charge in [0.1, 0.15) is 0 Å². The summed E-state index contributed by atoms with van der Waals surface area (Å²) in [5.74, 6) is 0.0482. The SMILES string of the molecule is Cn1ccnc1Sc1ccc(NC(=O)CC(C)(C)C)cc1. The molecule has 0 bridgehead atoms. The molecule has 1 heterocycles. The van der Waals surface area contributed by atoms with E-state index < -0.39 is 0 Å². The number of amides is 1. The van der Waals surface area contributed by atoms with Crippen LogP contribution in [0.4, 0.5) is 5.69 Å². The molecule has 0 aliphatic carbocycles. The average Bonchev–Trinajstić information content (AvgIpc) is 2.75. The number of aromatic nitrogens is 2. The van der Waals surface area contributed by atoms with E-state index in [1.165, 1.54) is 0 Å². The lowest BCUT2D eigenvalue weighted by Crippen LogP contribution is -2.19. The van der Waals surface area contributed by atoms with Crippen molar-refractivity contribution >= 4 is 23.4 Å². The van der Waals surface area contributed by atoms with Crippen LogP contribution < -0.4 is 5.32 Å². The van der Waals surface area contributed by atoms with Crippen molar-refractivity contribution in [2.75, 3.05) is 5.32 Å². The summed E-state index contributed by atoms with van der Waals surface area (Å²) < 4.78 is 1.98. The van der Waals surface area contributed by atoms with Gasteiger partial charge in [-0.3, -0.25) is 4.79 Å². The molecule has 4 nitrogen and oxygen atoms in total. The van der Waals surface area contributed by atoms with Crippen molar-refractivity contribution in [3.8, 4) is 0 Å². The zero-order valence-electron chi connectivity index (χ0n) is 12.9. The maximum Gasteiger partial charge on any atom is 0.224 e. The molecule has 2 rings (SSSR count). The first-order valence-electron chi connectivity index (χ1n) is 6.89. The van der Waals surface area contributed by atoms with E-state index in [9.17, 15) is 4.79 Å². The number of nitrogens with zero attached hydrogens (tertiary/aromatic N) is 2. The number of hydrogen-bond donors (Lipinski definition) is 1. The minimum atomic E-state index is -0.00191. The van der Waals surface area contributed by atoms with Crippen molar-refractivity contribution in [2.45, 2.75) is 37.2 Å². The monoisotopic (exact) mass is 303 g/mol. The highest BCUT2D eigenvalue weighted by Crippen LogP contribution is 2.27. The molecular weight excluding hydrogens is 282 g/mol. The molecule has 21 heavy (non-hydrogen) atoms. The Bertz CT molecular complexity index is 611. The largest absolute Gasteiger partial charge is 0.329 e. The molecule has 0 aliphatic heterocycles. The molecule has 0 unspecified atom stereocenters. The summed E-state index contributed by atoms with van der Waals surface area (Å²) >= 11 is 1.60. The highest BCUT2D eigenvalue weighted by molar-refractivity contribution is 7.99. The number of carbonyl (C=O) groups is 1. The Balaban J connectivity index is 1.96. The van der Waals surface area contributed by atoms with Crippen LogP contribution in [0.3, 0.4) is 0 Å². The summed E-state index contributed by atoms with van der Waals surface area (Å²) in [6.07, 6.45) is 4.21. The summed E-state index contributed by atoms with van der Waals surface area (Å²) in [4.78, 5) is 17.3. The van der Waals surface area contributed by atoms with Gasteiger partial charge in [0.25, 0.3) is 0 Å². The Morgan fingerprint density at radius 1 is 1.29 bits per heavy atom. The quantitative estimate of drug-likeness (QED) is 0.930. The van der Waals surface area contributed by atoms with Crippen molar-refractivity contribution in [3.05, 3.63) is 36.7 Å². The zero-order chi connectivity index (χ0) is 15.5. The van der Waals surface area contributed by atoms with Gasteiger partial charge in [-0.25, -0.2) is 4.98 Å². The van der Waals surface area contributed by atoms with Gasteiger partial charge in [-0.2, -0.15) is 0 Å². The number of anilines is 1. The third-order valence-corrected chi connectivity index (χ3v) is 3.90. The molecular formula is C16H21N3OS. The maximum atomic E-state index is 11.9. The highest BCUT2D eigenvalue weighted by atomic mass is 32.2. The molecule has 112 valence electrons. The lowest BCUT2D eigenvalue weighted by Gasteiger charge is -2.17. The number of hydrogen-bond acceptors (Lipinski definition) is 3. The number of rotatable bonds is 4. The lowest BCUT2D eigenvalue weighted by molar-refractivity contribution is -0.117. The van der Waals surface area contributed by atoms with Crippen LogP contribution in [0.15, 0.2) is 46.7 Å². The first-order chi connectivity index (χ1) is 9.83. The molecule has 1 amide bonds. The van der Waals surface area contributed by atoms with Gasteiger partial charge >= 0.3 is 0 Å². The van der Waals surface area contributed by atoms with Crippen LogP contribution in [0.2, 0.25) is 0 Å². The molecule has 0 fully saturated rings. The van der Waals surface area contributed by atoms with Crippen LogP contribution in [-0.2, 0) is 11.8 Å². The molecule has 1 aromatic carbocycles. The highest BCUT2D eigenvalue weighted by Gasteiger charge is 2.15. The molecule has 0 radical (unpaired) electrons. The van der Waals surface area contributed by atoms with Gasteiger partial charge in [0.15, 0.2) is 5.16 Å². The van der Waals surface area contributed by atoms with Gasteiger partial charge in [-0.15, -0.1) is 0 Å². The van der Waals surface area contributed by atoms with E-state index in [1.807, 2.05) is 42.1 Å². The first-order valence-corrected chi connectivity index (χ1v) is 7.70. The van der Waals surface area contributed by atoms with E-state index in [-0.39, 0.29) is 11.3 Å². The molecule has 0 saturated heterocycles. The third kappa shape index (κ3) is 4.93. The Kier molecular flexibility index (Phi) is 4.73. The summed E-state index contributed by atoms with van der Waals surface area (Å²) in [5, 5.41) is 3.87. The van der Waals surface area contributed by atoms with Crippen LogP contribution in [0.5, 0.6) is 0 Å². The summed E-state index contributed by atoms with van der Waals surface area (Å²) in [5.41, 5.74) is 0.825. The van der Waals surface area contributed by atoms with E-state index in [0.717, 1.165) is 15.7 Å². The van der Waals surface area contributed by atoms with E-state index in [0.29, 0.717) is 6.42 Å². The van der Waals surface area contributed by atoms with Gasteiger partial charge in [-0.05, 0) is 29.7 Å². The van der Waals surface area contributed by atoms with Gasteiger partial charge < -0.3 is 9.88 Å². The fourth-order valence-corrected chi connectivity index (χ4v) is 2.65. The molecule has 1 aromatic heterocycles. The molecule has 0 atom stereocenters. The van der Waals surface area contributed by atoms with Crippen molar-refractivity contribution in [1.29, 1.82) is 0 Å². The van der Waals surface area contributed by atoms with E-state index in [1.54, 1.807) is 18.0 Å². The van der Waals surface area contributed by atoms with Gasteiger partial charge in [0, 0.05) is 36.4 Å². The standard InChI is InChI=1S/C16H21N3OS/c1-16(2,3)11-14(20)18-12-5-7-13(8-6-12)21-15-17-9-10-19(15)4/h5-10H,11H2,1-4H3,(H,18,20). The van der Waals surface area contributed by atoms with Crippen molar-refractivity contribution in [1.82, 2.24) is 9.55 Å². The van der Waals surface area contributed by atoms with Crippen molar-refractivity contribution in [2.24, 2.45) is 12.5 Å². The summed E-state index contributed by atoms with van der Waals surface area (Å²) in [6, 6.07) is 7.83. The number of benzene rings is 1. The second-order valence-corrected chi connectivity index (χ2v) is 7.27. The van der Waals surface area contributed by atoms with Crippen LogP contribution in [0, 0.1) is 5.41 Å². The van der Waals surface area contributed by atoms with Gasteiger partial charge in [0.05, 0.1) is 0 Å². The summed E-state index contributed by atoms with van der Waals surface area (Å²) in [7, 11) is 1.97. The van der Waals surface area contributed by atoms with Crippen LogP contribution in [0.1, 0.15) is 27.2 Å². The Labute approximate surface area is 130 Å². The molecule has 0 saturated carbocycles. The zero-order valence-corrected chi connectivity index (χ0v) is 13.7. The topological polar surface area (TPSA) is 46.9 Å². The smallest absolute Gasteiger partial charge is 0.224 e. The van der Waals surface area contributed by atoms with Crippen LogP contribution in [-0.4, -0.2) is 15.5 Å². The second-order valence-electron chi connectivity index (χ2n) is 6.23. The van der Waals surface area contributed by atoms with Gasteiger partial charge in [0.2, 0.25) is 5.91 Å². The third-order valence-electron chi connectivity index (χ3n) is 2.82. The van der Waals surface area contributed by atoms with Gasteiger partial charge in [-0.1, -0.05) is 32.5 Å². The predicted molar refractivity (Wildman–Crippen MR) is 86.5 cm³/mol. The van der Waals surface area contributed by atoms with E-state index in [4.69, 9.17) is 0 Å². The fourth-order valence-electron chi connectivity index (χ4n) is 1.85. The minimum absolute atomic E-state index is 0.00191. The average molecular weight is 303 g/mol. The molecule has 2 aromatic rings. The minimum Gasteiger partial charge on any atom is -0.329 e. The number of imidazole rings is 1. The maximum absolute atomic E-state index is 11.9. The Hall–Kier alpha value is -1.75. The number of aryl methyl sites for hydroxylation is 1. The first kappa shape index (κ1) is 15.6. The van der Waals surface area contributed by atoms with E-state index in [2.05, 4.69) is 31.1 Å². The summed E-state index contributed by atoms with van der Waals surface area (Å²) in [6.45, 7) is 6.16. The molecule has 0 aliphatic rings. The van der Waals surface area contributed by atoms with E-state index >= 15 is 0 Å². The molecule has 0 spiro atoms. The number of nitrogens with one attached hydrogen (secondary N) is 1. The second kappa shape index (κ2) is 6.35. The lowest BCUT2D eigenvalue weighted by atomic mass is 9.92. The number of carbonyl (C=O) groups excluding carboxylic acids is 1. The Morgan fingerprint density at radius 3 is 2.48 bits per heavy atom. The van der Waals surface area contributed by atoms with Crippen molar-refractivity contribution in [3.63, 3.8) is 0 Å². The Morgan fingerprint density at radius 2 is 1.95 bits per heavy atom. The molecule has 1 N–H and O–H groups in total. The molecule has 5 heteroatoms.